The minimum Gasteiger partial charge on any atom is -0.494 e. The fourth-order valence-corrected chi connectivity index (χ4v) is 3.38. The zero-order valence-corrected chi connectivity index (χ0v) is 18.6. The number of benzene rings is 3. The van der Waals surface area contributed by atoms with Gasteiger partial charge in [-0.3, -0.25) is 0 Å². The smallest absolute Gasteiger partial charge is 0.346 e. The molecule has 0 heterocycles. The van der Waals surface area contributed by atoms with Gasteiger partial charge in [-0.1, -0.05) is 63.3 Å². The fraction of sp³-hybridized carbons (Fsp3) is 0.296. The first-order chi connectivity index (χ1) is 16.0. The maximum absolute atomic E-state index is 13.8. The lowest BCUT2D eigenvalue weighted by atomic mass is 10.1. The van der Waals surface area contributed by atoms with Crippen molar-refractivity contribution in [1.82, 2.24) is 0 Å². The predicted octanol–water partition coefficient (Wildman–Crippen LogP) is 7.73. The summed E-state index contributed by atoms with van der Waals surface area (Å²) in [5.41, 5.74) is 1.16. The number of rotatable bonds is 11. The number of carbonyl (C=O) groups excluding carboxylic acids is 1. The summed E-state index contributed by atoms with van der Waals surface area (Å²) in [6, 6.07) is 15.8. The highest BCUT2D eigenvalue weighted by molar-refractivity contribution is 5.91. The average Bonchev–Trinajstić information content (AvgIpc) is 2.83. The molecule has 0 saturated carbocycles. The Labute approximate surface area is 192 Å². The van der Waals surface area contributed by atoms with Gasteiger partial charge in [0.1, 0.15) is 11.5 Å². The number of hydrogen-bond donors (Lipinski definition) is 0. The van der Waals surface area contributed by atoms with Crippen molar-refractivity contribution in [2.45, 2.75) is 45.4 Å². The Morgan fingerprint density at radius 2 is 1.27 bits per heavy atom. The Kier molecular flexibility index (Phi) is 8.93. The zero-order chi connectivity index (χ0) is 23.6. The van der Waals surface area contributed by atoms with Crippen LogP contribution in [0.5, 0.6) is 11.5 Å². The molecule has 3 rings (SSSR count). The standard InChI is InChI=1S/C27H27F3O3/c1-2-3-4-5-6-7-18-32-21-12-8-19(9-13-21)20-10-14-22(15-11-20)33-27(31)23-16-17-24(28)26(30)25(23)29/h8-17H,2-7,18H2,1H3. The Morgan fingerprint density at radius 3 is 1.91 bits per heavy atom. The van der Waals surface area contributed by atoms with Crippen LogP contribution >= 0.6 is 0 Å². The summed E-state index contributed by atoms with van der Waals surface area (Å²) < 4.78 is 51.0. The van der Waals surface area contributed by atoms with E-state index >= 15 is 0 Å². The summed E-state index contributed by atoms with van der Waals surface area (Å²) in [6.45, 7) is 2.90. The average molecular weight is 457 g/mol. The lowest BCUT2D eigenvalue weighted by molar-refractivity contribution is 0.0728. The van der Waals surface area contributed by atoms with E-state index in [9.17, 15) is 18.0 Å². The molecule has 0 aliphatic rings. The van der Waals surface area contributed by atoms with Crippen molar-refractivity contribution >= 4 is 5.97 Å². The number of unbranched alkanes of at least 4 members (excludes halogenated alkanes) is 5. The van der Waals surface area contributed by atoms with E-state index in [2.05, 4.69) is 6.92 Å². The Morgan fingerprint density at radius 1 is 0.697 bits per heavy atom. The van der Waals surface area contributed by atoms with Gasteiger partial charge in [0.2, 0.25) is 0 Å². The summed E-state index contributed by atoms with van der Waals surface area (Å²) in [5.74, 6) is -4.79. The molecule has 0 spiro atoms. The molecule has 0 radical (unpaired) electrons. The van der Waals surface area contributed by atoms with E-state index < -0.39 is 29.0 Å². The van der Waals surface area contributed by atoms with Crippen LogP contribution in [0.1, 0.15) is 55.8 Å². The number of hydrogen-bond acceptors (Lipinski definition) is 3. The summed E-state index contributed by atoms with van der Waals surface area (Å²) in [5, 5.41) is 0. The van der Waals surface area contributed by atoms with Crippen molar-refractivity contribution in [3.63, 3.8) is 0 Å². The van der Waals surface area contributed by atoms with Crippen LogP contribution in [0.2, 0.25) is 0 Å². The molecule has 0 bridgehead atoms. The van der Waals surface area contributed by atoms with E-state index in [0.717, 1.165) is 29.4 Å². The van der Waals surface area contributed by atoms with Crippen LogP contribution in [0.15, 0.2) is 60.7 Å². The second kappa shape index (κ2) is 12.1. The van der Waals surface area contributed by atoms with Crippen molar-refractivity contribution in [3.05, 3.63) is 83.7 Å². The van der Waals surface area contributed by atoms with Crippen molar-refractivity contribution in [3.8, 4) is 22.6 Å². The van der Waals surface area contributed by atoms with Crippen molar-refractivity contribution in [1.29, 1.82) is 0 Å². The third-order valence-electron chi connectivity index (χ3n) is 5.27. The first-order valence-corrected chi connectivity index (χ1v) is 11.2. The molecule has 6 heteroatoms. The molecule has 3 aromatic carbocycles. The van der Waals surface area contributed by atoms with Gasteiger partial charge in [-0.25, -0.2) is 18.0 Å². The van der Waals surface area contributed by atoms with Gasteiger partial charge in [-0.2, -0.15) is 0 Å². The summed E-state index contributed by atoms with van der Waals surface area (Å²) >= 11 is 0. The molecule has 0 aliphatic carbocycles. The van der Waals surface area contributed by atoms with Crippen LogP contribution in [-0.4, -0.2) is 12.6 Å². The summed E-state index contributed by atoms with van der Waals surface area (Å²) in [4.78, 5) is 12.1. The molecule has 33 heavy (non-hydrogen) atoms. The molecule has 0 atom stereocenters. The highest BCUT2D eigenvalue weighted by atomic mass is 19.2. The minimum absolute atomic E-state index is 0.159. The Bertz CT molecular complexity index is 1050. The molecule has 3 nitrogen and oxygen atoms in total. The number of halogens is 3. The van der Waals surface area contributed by atoms with Gasteiger partial charge in [-0.15, -0.1) is 0 Å². The molecule has 174 valence electrons. The van der Waals surface area contributed by atoms with E-state index in [4.69, 9.17) is 9.47 Å². The van der Waals surface area contributed by atoms with Crippen LogP contribution in [0.4, 0.5) is 13.2 Å². The Balaban J connectivity index is 1.52. The van der Waals surface area contributed by atoms with E-state index in [-0.39, 0.29) is 5.75 Å². The topological polar surface area (TPSA) is 35.5 Å². The maximum atomic E-state index is 13.8. The molecule has 0 N–H and O–H groups in total. The van der Waals surface area contributed by atoms with Crippen molar-refractivity contribution in [2.24, 2.45) is 0 Å². The molecule has 0 unspecified atom stereocenters. The fourth-order valence-electron chi connectivity index (χ4n) is 3.38. The van der Waals surface area contributed by atoms with Gasteiger partial charge in [0.25, 0.3) is 0 Å². The van der Waals surface area contributed by atoms with E-state index in [0.29, 0.717) is 12.7 Å². The molecule has 3 aromatic rings. The van der Waals surface area contributed by atoms with Crippen LogP contribution in [0, 0.1) is 17.5 Å². The van der Waals surface area contributed by atoms with E-state index in [1.54, 1.807) is 24.3 Å². The number of ether oxygens (including phenoxy) is 2. The van der Waals surface area contributed by atoms with Gasteiger partial charge in [0, 0.05) is 0 Å². The third-order valence-corrected chi connectivity index (χ3v) is 5.27. The highest BCUT2D eigenvalue weighted by Gasteiger charge is 2.20. The number of carbonyl (C=O) groups is 1. The molecule has 0 aromatic heterocycles. The van der Waals surface area contributed by atoms with Crippen molar-refractivity contribution in [2.75, 3.05) is 6.61 Å². The van der Waals surface area contributed by atoms with E-state index in [1.807, 2.05) is 24.3 Å². The quantitative estimate of drug-likeness (QED) is 0.128. The molecular weight excluding hydrogens is 429 g/mol. The van der Waals surface area contributed by atoms with Crippen LogP contribution in [0.25, 0.3) is 11.1 Å². The second-order valence-electron chi connectivity index (χ2n) is 7.78. The SMILES string of the molecule is CCCCCCCCOc1ccc(-c2ccc(OC(=O)c3ccc(F)c(F)c3F)cc2)cc1. The molecule has 0 amide bonds. The second-order valence-corrected chi connectivity index (χ2v) is 7.78. The summed E-state index contributed by atoms with van der Waals surface area (Å²) in [6.07, 6.45) is 7.28. The normalized spacial score (nSPS) is 10.8. The third kappa shape index (κ3) is 6.85. The van der Waals surface area contributed by atoms with Gasteiger partial charge in [0.15, 0.2) is 17.5 Å². The largest absolute Gasteiger partial charge is 0.494 e. The Hall–Kier alpha value is -3.28. The van der Waals surface area contributed by atoms with Gasteiger partial charge >= 0.3 is 5.97 Å². The van der Waals surface area contributed by atoms with Gasteiger partial charge in [-0.05, 0) is 53.9 Å². The predicted molar refractivity (Wildman–Crippen MR) is 122 cm³/mol. The van der Waals surface area contributed by atoms with Gasteiger partial charge < -0.3 is 9.47 Å². The highest BCUT2D eigenvalue weighted by Crippen LogP contribution is 2.26. The first-order valence-electron chi connectivity index (χ1n) is 11.2. The van der Waals surface area contributed by atoms with Crippen LogP contribution < -0.4 is 9.47 Å². The van der Waals surface area contributed by atoms with Crippen LogP contribution in [0.3, 0.4) is 0 Å². The number of esters is 1. The molecule has 0 aliphatic heterocycles. The monoisotopic (exact) mass is 456 g/mol. The maximum Gasteiger partial charge on any atom is 0.346 e. The lowest BCUT2D eigenvalue weighted by Crippen LogP contribution is -2.12. The first kappa shape index (κ1) is 24.4. The van der Waals surface area contributed by atoms with Crippen LogP contribution in [-0.2, 0) is 0 Å². The lowest BCUT2D eigenvalue weighted by Gasteiger charge is -2.09. The van der Waals surface area contributed by atoms with Gasteiger partial charge in [0.05, 0.1) is 12.2 Å². The zero-order valence-electron chi connectivity index (χ0n) is 18.6. The molecule has 0 fully saturated rings. The summed E-state index contributed by atoms with van der Waals surface area (Å²) in [7, 11) is 0. The minimum atomic E-state index is -1.71. The molecular formula is C27H27F3O3. The van der Waals surface area contributed by atoms with E-state index in [1.165, 1.54) is 32.1 Å². The molecule has 0 saturated heterocycles. The van der Waals surface area contributed by atoms with Crippen molar-refractivity contribution < 1.29 is 27.4 Å².